The molecule has 106 valence electrons. The summed E-state index contributed by atoms with van der Waals surface area (Å²) in [5.41, 5.74) is 9.99. The van der Waals surface area contributed by atoms with Crippen LogP contribution in [0, 0.1) is 13.8 Å². The van der Waals surface area contributed by atoms with Gasteiger partial charge in [0.15, 0.2) is 5.82 Å². The number of ether oxygens (including phenoxy) is 1. The highest BCUT2D eigenvalue weighted by Gasteiger charge is 2.13. The summed E-state index contributed by atoms with van der Waals surface area (Å²) < 4.78 is 5.37. The predicted molar refractivity (Wildman–Crippen MR) is 85.4 cm³/mol. The number of nitrogen functional groups attached to an aromatic ring is 1. The molecule has 3 aromatic rings. The third kappa shape index (κ3) is 2.18. The van der Waals surface area contributed by atoms with E-state index in [2.05, 4.69) is 16.3 Å². The maximum atomic E-state index is 5.92. The molecule has 0 amide bonds. The summed E-state index contributed by atoms with van der Waals surface area (Å²) in [5, 5.41) is 10.3. The van der Waals surface area contributed by atoms with Gasteiger partial charge in [-0.15, -0.1) is 10.2 Å². The fourth-order valence-corrected chi connectivity index (χ4v) is 2.59. The van der Waals surface area contributed by atoms with Crippen molar-refractivity contribution in [3.63, 3.8) is 0 Å². The van der Waals surface area contributed by atoms with E-state index < -0.39 is 0 Å². The molecule has 3 rings (SSSR count). The number of methoxy groups -OCH3 is 1. The number of nitrogens with zero attached hydrogens (tertiary/aromatic N) is 2. The Morgan fingerprint density at radius 1 is 0.952 bits per heavy atom. The number of hydrogen-bond acceptors (Lipinski definition) is 4. The lowest BCUT2D eigenvalue weighted by atomic mass is 9.98. The first-order chi connectivity index (χ1) is 10.1. The van der Waals surface area contributed by atoms with Gasteiger partial charge in [-0.2, -0.15) is 0 Å². The molecular formula is C17H17N3O. The van der Waals surface area contributed by atoms with Crippen molar-refractivity contribution in [1.82, 2.24) is 10.2 Å². The summed E-state index contributed by atoms with van der Waals surface area (Å²) >= 11 is 0. The SMILES string of the molecule is COc1cc(C)c(-c2nnc(N)c3ccccc23)cc1C. The maximum absolute atomic E-state index is 5.92. The average Bonchev–Trinajstić information content (AvgIpc) is 2.50. The summed E-state index contributed by atoms with van der Waals surface area (Å²) in [4.78, 5) is 0. The van der Waals surface area contributed by atoms with Gasteiger partial charge in [-0.25, -0.2) is 0 Å². The zero-order chi connectivity index (χ0) is 15.0. The molecule has 0 bridgehead atoms. The Morgan fingerprint density at radius 3 is 2.38 bits per heavy atom. The number of rotatable bonds is 2. The second kappa shape index (κ2) is 5.05. The van der Waals surface area contributed by atoms with Gasteiger partial charge >= 0.3 is 0 Å². The molecule has 0 aliphatic rings. The first-order valence-electron chi connectivity index (χ1n) is 6.78. The fraction of sp³-hybridized carbons (Fsp3) is 0.176. The van der Waals surface area contributed by atoms with Crippen molar-refractivity contribution in [2.45, 2.75) is 13.8 Å². The molecule has 0 saturated heterocycles. The normalized spacial score (nSPS) is 10.8. The van der Waals surface area contributed by atoms with Gasteiger partial charge in [0.2, 0.25) is 0 Å². The van der Waals surface area contributed by atoms with Gasteiger partial charge in [-0.1, -0.05) is 24.3 Å². The van der Waals surface area contributed by atoms with Gasteiger partial charge in [0, 0.05) is 16.3 Å². The van der Waals surface area contributed by atoms with E-state index in [1.165, 1.54) is 0 Å². The Hall–Kier alpha value is -2.62. The molecule has 0 radical (unpaired) electrons. The van der Waals surface area contributed by atoms with Crippen molar-refractivity contribution in [3.05, 3.63) is 47.5 Å². The van der Waals surface area contributed by atoms with Crippen molar-refractivity contribution in [2.75, 3.05) is 12.8 Å². The standard InChI is InChI=1S/C17H17N3O/c1-10-9-15(21-3)11(2)8-14(10)16-12-6-4-5-7-13(12)17(18)20-19-16/h4-9H,1-3H3,(H2,18,20). The van der Waals surface area contributed by atoms with Crippen LogP contribution in [0.2, 0.25) is 0 Å². The molecule has 0 aliphatic heterocycles. The Labute approximate surface area is 123 Å². The van der Waals surface area contributed by atoms with Crippen molar-refractivity contribution < 1.29 is 4.74 Å². The van der Waals surface area contributed by atoms with Crippen molar-refractivity contribution in [3.8, 4) is 17.0 Å². The molecule has 0 atom stereocenters. The number of hydrogen-bond donors (Lipinski definition) is 1. The Bertz CT molecular complexity index is 828. The maximum Gasteiger partial charge on any atom is 0.154 e. The lowest BCUT2D eigenvalue weighted by Gasteiger charge is -2.12. The minimum absolute atomic E-state index is 0.456. The molecule has 1 aromatic heterocycles. The minimum Gasteiger partial charge on any atom is -0.496 e. The van der Waals surface area contributed by atoms with E-state index >= 15 is 0 Å². The number of benzene rings is 2. The van der Waals surface area contributed by atoms with Gasteiger partial charge in [0.1, 0.15) is 11.4 Å². The number of aromatic nitrogens is 2. The number of nitrogens with two attached hydrogens (primary N) is 1. The van der Waals surface area contributed by atoms with Crippen LogP contribution in [0.3, 0.4) is 0 Å². The molecule has 4 nitrogen and oxygen atoms in total. The van der Waals surface area contributed by atoms with E-state index in [4.69, 9.17) is 10.5 Å². The lowest BCUT2D eigenvalue weighted by molar-refractivity contribution is 0.411. The molecule has 0 unspecified atom stereocenters. The van der Waals surface area contributed by atoms with Crippen LogP contribution in [0.5, 0.6) is 5.75 Å². The highest BCUT2D eigenvalue weighted by atomic mass is 16.5. The Morgan fingerprint density at radius 2 is 1.67 bits per heavy atom. The van der Waals surface area contributed by atoms with Crippen LogP contribution in [-0.4, -0.2) is 17.3 Å². The first kappa shape index (κ1) is 13.4. The molecule has 2 aromatic carbocycles. The minimum atomic E-state index is 0.456. The van der Waals surface area contributed by atoms with Crippen LogP contribution in [0.4, 0.5) is 5.82 Å². The van der Waals surface area contributed by atoms with Crippen LogP contribution < -0.4 is 10.5 Å². The zero-order valence-corrected chi connectivity index (χ0v) is 12.3. The predicted octanol–water partition coefficient (Wildman–Crippen LogP) is 3.50. The van der Waals surface area contributed by atoms with Gasteiger partial charge < -0.3 is 10.5 Å². The quantitative estimate of drug-likeness (QED) is 0.780. The number of aryl methyl sites for hydroxylation is 2. The van der Waals surface area contributed by atoms with E-state index in [-0.39, 0.29) is 0 Å². The summed E-state index contributed by atoms with van der Waals surface area (Å²) in [6.45, 7) is 4.07. The first-order valence-corrected chi connectivity index (χ1v) is 6.78. The zero-order valence-electron chi connectivity index (χ0n) is 12.3. The lowest BCUT2D eigenvalue weighted by Crippen LogP contribution is -1.99. The third-order valence-corrected chi connectivity index (χ3v) is 3.71. The summed E-state index contributed by atoms with van der Waals surface area (Å²) in [7, 11) is 1.68. The fourth-order valence-electron chi connectivity index (χ4n) is 2.59. The molecule has 2 N–H and O–H groups in total. The largest absolute Gasteiger partial charge is 0.496 e. The smallest absolute Gasteiger partial charge is 0.154 e. The molecule has 1 heterocycles. The van der Waals surface area contributed by atoms with Gasteiger partial charge in [-0.05, 0) is 37.1 Å². The monoisotopic (exact) mass is 279 g/mol. The molecule has 4 heteroatoms. The van der Waals surface area contributed by atoms with Crippen LogP contribution in [0.1, 0.15) is 11.1 Å². The van der Waals surface area contributed by atoms with E-state index in [1.54, 1.807) is 7.11 Å². The van der Waals surface area contributed by atoms with Crippen LogP contribution in [0.15, 0.2) is 36.4 Å². The number of anilines is 1. The van der Waals surface area contributed by atoms with Crippen LogP contribution in [0.25, 0.3) is 22.0 Å². The highest BCUT2D eigenvalue weighted by molar-refractivity contribution is 5.99. The molecule has 0 saturated carbocycles. The average molecular weight is 279 g/mol. The second-order valence-corrected chi connectivity index (χ2v) is 5.12. The second-order valence-electron chi connectivity index (χ2n) is 5.12. The molecule has 0 spiro atoms. The van der Waals surface area contributed by atoms with Gasteiger partial charge in [0.25, 0.3) is 0 Å². The van der Waals surface area contributed by atoms with Gasteiger partial charge in [0.05, 0.1) is 7.11 Å². The summed E-state index contributed by atoms with van der Waals surface area (Å²) in [5.74, 6) is 1.33. The van der Waals surface area contributed by atoms with Gasteiger partial charge in [-0.3, -0.25) is 0 Å². The third-order valence-electron chi connectivity index (χ3n) is 3.71. The van der Waals surface area contributed by atoms with E-state index in [1.807, 2.05) is 44.2 Å². The topological polar surface area (TPSA) is 61.0 Å². The molecular weight excluding hydrogens is 262 g/mol. The van der Waals surface area contributed by atoms with Crippen LogP contribution >= 0.6 is 0 Å². The van der Waals surface area contributed by atoms with Crippen molar-refractivity contribution >= 4 is 16.6 Å². The Kier molecular flexibility index (Phi) is 3.22. The molecule has 0 aliphatic carbocycles. The van der Waals surface area contributed by atoms with E-state index in [0.717, 1.165) is 38.9 Å². The van der Waals surface area contributed by atoms with Crippen molar-refractivity contribution in [2.24, 2.45) is 0 Å². The van der Waals surface area contributed by atoms with Crippen molar-refractivity contribution in [1.29, 1.82) is 0 Å². The number of fused-ring (bicyclic) bond motifs is 1. The van der Waals surface area contributed by atoms with E-state index in [0.29, 0.717) is 5.82 Å². The molecule has 0 fully saturated rings. The van der Waals surface area contributed by atoms with Crippen LogP contribution in [-0.2, 0) is 0 Å². The molecule has 21 heavy (non-hydrogen) atoms. The van der Waals surface area contributed by atoms with E-state index in [9.17, 15) is 0 Å². The summed E-state index contributed by atoms with van der Waals surface area (Å²) in [6.07, 6.45) is 0. The Balaban J connectivity index is 2.31. The summed E-state index contributed by atoms with van der Waals surface area (Å²) in [6, 6.07) is 12.0. The highest BCUT2D eigenvalue weighted by Crippen LogP contribution is 2.33.